The van der Waals surface area contributed by atoms with Gasteiger partial charge in [0.05, 0.1) is 0 Å². The van der Waals surface area contributed by atoms with Crippen molar-refractivity contribution in [2.75, 3.05) is 6.79 Å². The van der Waals surface area contributed by atoms with Crippen LogP contribution in [0.4, 0.5) is 0 Å². The van der Waals surface area contributed by atoms with Gasteiger partial charge >= 0.3 is 0 Å². The summed E-state index contributed by atoms with van der Waals surface area (Å²) in [5, 5.41) is 0. The molecule has 0 bridgehead atoms. The molecule has 1 saturated heterocycles. The van der Waals surface area contributed by atoms with Crippen molar-refractivity contribution in [1.29, 1.82) is 0 Å². The van der Waals surface area contributed by atoms with Gasteiger partial charge in [-0.3, -0.25) is 0 Å². The molecule has 2 aliphatic rings. The second-order valence-electron chi connectivity index (χ2n) is 6.42. The Balaban J connectivity index is 1.96. The molecule has 3 atom stereocenters. The number of allylic oxidation sites excluding steroid dienone is 1. The summed E-state index contributed by atoms with van der Waals surface area (Å²) in [7, 11) is 0. The average Bonchev–Trinajstić information content (AvgIpc) is 2.38. The van der Waals surface area contributed by atoms with Gasteiger partial charge in [-0.25, -0.2) is 0 Å². The molecule has 20 heavy (non-hydrogen) atoms. The molecular formula is C18H24O2. The molecule has 3 rings (SSSR count). The molecular weight excluding hydrogens is 248 g/mol. The number of hydrogen-bond acceptors (Lipinski definition) is 2. The maximum atomic E-state index is 6.01. The van der Waals surface area contributed by atoms with Gasteiger partial charge in [0.1, 0.15) is 0 Å². The van der Waals surface area contributed by atoms with Crippen LogP contribution >= 0.6 is 0 Å². The van der Waals surface area contributed by atoms with Crippen molar-refractivity contribution in [2.24, 2.45) is 17.8 Å². The Morgan fingerprint density at radius 1 is 1.20 bits per heavy atom. The van der Waals surface area contributed by atoms with Gasteiger partial charge in [0, 0.05) is 11.5 Å². The maximum Gasteiger partial charge on any atom is 0.203 e. The summed E-state index contributed by atoms with van der Waals surface area (Å²) < 4.78 is 12.0. The molecule has 3 unspecified atom stereocenters. The summed E-state index contributed by atoms with van der Waals surface area (Å²) in [4.78, 5) is 0. The normalized spacial score (nSPS) is 32.4. The predicted octanol–water partition coefficient (Wildman–Crippen LogP) is 4.47. The van der Waals surface area contributed by atoms with Gasteiger partial charge < -0.3 is 9.47 Å². The van der Waals surface area contributed by atoms with Crippen LogP contribution in [0.2, 0.25) is 0 Å². The molecule has 1 aromatic carbocycles. The zero-order valence-corrected chi connectivity index (χ0v) is 12.5. The monoisotopic (exact) mass is 272 g/mol. The molecule has 1 aromatic rings. The number of rotatable bonds is 3. The van der Waals surface area contributed by atoms with Crippen LogP contribution in [0.5, 0.6) is 0 Å². The minimum Gasteiger partial charge on any atom is -0.319 e. The second kappa shape index (κ2) is 5.34. The Morgan fingerprint density at radius 3 is 2.45 bits per heavy atom. The highest BCUT2D eigenvalue weighted by atomic mass is 16.9. The lowest BCUT2D eigenvalue weighted by Crippen LogP contribution is -2.53. The zero-order valence-electron chi connectivity index (χ0n) is 12.5. The summed E-state index contributed by atoms with van der Waals surface area (Å²) in [5.74, 6) is 1.05. The van der Waals surface area contributed by atoms with Crippen LogP contribution in [0.15, 0.2) is 42.5 Å². The molecule has 2 nitrogen and oxygen atoms in total. The van der Waals surface area contributed by atoms with Crippen molar-refractivity contribution >= 4 is 0 Å². The van der Waals surface area contributed by atoms with Crippen LogP contribution in [-0.4, -0.2) is 6.79 Å². The molecule has 0 aromatic heterocycles. The van der Waals surface area contributed by atoms with Crippen LogP contribution in [0.3, 0.4) is 0 Å². The van der Waals surface area contributed by atoms with Gasteiger partial charge in [0.15, 0.2) is 6.79 Å². The Labute approximate surface area is 121 Å². The van der Waals surface area contributed by atoms with Crippen molar-refractivity contribution in [3.05, 3.63) is 48.0 Å². The topological polar surface area (TPSA) is 18.5 Å². The number of hydrogen-bond donors (Lipinski definition) is 0. The molecule has 1 saturated carbocycles. The lowest BCUT2D eigenvalue weighted by Gasteiger charge is -2.52. The van der Waals surface area contributed by atoms with Gasteiger partial charge in [-0.2, -0.15) is 0 Å². The van der Waals surface area contributed by atoms with Gasteiger partial charge in [0.2, 0.25) is 5.79 Å². The summed E-state index contributed by atoms with van der Waals surface area (Å²) >= 11 is 0. The minimum absolute atomic E-state index is 0.375. The summed E-state index contributed by atoms with van der Waals surface area (Å²) in [6.45, 7) is 9.09. The van der Waals surface area contributed by atoms with Crippen LogP contribution in [-0.2, 0) is 15.3 Å². The summed E-state index contributed by atoms with van der Waals surface area (Å²) in [6, 6.07) is 10.4. The molecule has 1 aliphatic heterocycles. The molecule has 0 spiro atoms. The summed E-state index contributed by atoms with van der Waals surface area (Å²) in [5.41, 5.74) is 2.41. The van der Waals surface area contributed by atoms with Crippen molar-refractivity contribution in [3.63, 3.8) is 0 Å². The van der Waals surface area contributed by atoms with Crippen LogP contribution < -0.4 is 0 Å². The third-order valence-electron chi connectivity index (χ3n) is 4.96. The second-order valence-corrected chi connectivity index (χ2v) is 6.42. The predicted molar refractivity (Wildman–Crippen MR) is 80.0 cm³/mol. The first-order valence-electron chi connectivity index (χ1n) is 7.62. The molecule has 2 fully saturated rings. The van der Waals surface area contributed by atoms with Gasteiger partial charge in [-0.1, -0.05) is 55.8 Å². The van der Waals surface area contributed by atoms with Crippen molar-refractivity contribution < 1.29 is 9.47 Å². The van der Waals surface area contributed by atoms with Gasteiger partial charge in [-0.15, -0.1) is 0 Å². The quantitative estimate of drug-likeness (QED) is 0.756. The third kappa shape index (κ3) is 2.21. The Bertz CT molecular complexity index is 475. The first kappa shape index (κ1) is 13.8. The maximum absolute atomic E-state index is 6.01. The van der Waals surface area contributed by atoms with E-state index in [1.807, 2.05) is 6.07 Å². The van der Waals surface area contributed by atoms with E-state index in [0.717, 1.165) is 17.9 Å². The van der Waals surface area contributed by atoms with E-state index in [1.165, 1.54) is 18.4 Å². The molecule has 1 heterocycles. The molecule has 0 radical (unpaired) electrons. The zero-order chi connectivity index (χ0) is 14.2. The lowest BCUT2D eigenvalue weighted by atomic mass is 9.67. The highest BCUT2D eigenvalue weighted by molar-refractivity contribution is 5.24. The van der Waals surface area contributed by atoms with Crippen LogP contribution in [0.1, 0.15) is 38.7 Å². The van der Waals surface area contributed by atoms with E-state index in [4.69, 9.17) is 9.47 Å². The van der Waals surface area contributed by atoms with Gasteiger partial charge in [0.25, 0.3) is 0 Å². The molecule has 2 heteroatoms. The fourth-order valence-corrected chi connectivity index (χ4v) is 3.84. The molecule has 0 amide bonds. The van der Waals surface area contributed by atoms with Gasteiger partial charge in [-0.05, 0) is 31.6 Å². The number of ether oxygens (including phenoxy) is 2. The highest BCUT2D eigenvalue weighted by Crippen LogP contribution is 2.52. The molecule has 0 N–H and O–H groups in total. The lowest BCUT2D eigenvalue weighted by molar-refractivity contribution is -0.437. The SMILES string of the molecule is C=C(C)C1CCC(C)CC1C1(c2ccccc2)OCO1. The summed E-state index contributed by atoms with van der Waals surface area (Å²) in [6.07, 6.45) is 3.62. The highest BCUT2D eigenvalue weighted by Gasteiger charge is 2.53. The Kier molecular flexibility index (Phi) is 3.70. The van der Waals surface area contributed by atoms with E-state index in [-0.39, 0.29) is 0 Å². The van der Waals surface area contributed by atoms with E-state index in [0.29, 0.717) is 18.6 Å². The van der Waals surface area contributed by atoms with Crippen molar-refractivity contribution in [3.8, 4) is 0 Å². The Hall–Kier alpha value is -1.12. The molecule has 108 valence electrons. The third-order valence-corrected chi connectivity index (χ3v) is 4.96. The first-order valence-corrected chi connectivity index (χ1v) is 7.62. The fourth-order valence-electron chi connectivity index (χ4n) is 3.84. The van der Waals surface area contributed by atoms with E-state index in [9.17, 15) is 0 Å². The van der Waals surface area contributed by atoms with E-state index >= 15 is 0 Å². The molecule has 1 aliphatic carbocycles. The first-order chi connectivity index (χ1) is 9.63. The van der Waals surface area contributed by atoms with E-state index in [1.54, 1.807) is 0 Å². The average molecular weight is 272 g/mol. The minimum atomic E-state index is -0.542. The smallest absolute Gasteiger partial charge is 0.203 e. The van der Waals surface area contributed by atoms with E-state index < -0.39 is 5.79 Å². The standard InChI is InChI=1S/C18H24O2/c1-13(2)16-10-9-14(3)11-17(16)18(19-12-20-18)15-7-5-4-6-8-15/h4-8,14,16-17H,1,9-12H2,2-3H3. The van der Waals surface area contributed by atoms with Crippen molar-refractivity contribution in [1.82, 2.24) is 0 Å². The van der Waals surface area contributed by atoms with Crippen molar-refractivity contribution in [2.45, 2.75) is 38.9 Å². The largest absolute Gasteiger partial charge is 0.319 e. The van der Waals surface area contributed by atoms with E-state index in [2.05, 4.69) is 44.7 Å². The van der Waals surface area contributed by atoms with Crippen LogP contribution in [0.25, 0.3) is 0 Å². The fraction of sp³-hybridized carbons (Fsp3) is 0.556. The van der Waals surface area contributed by atoms with Crippen LogP contribution in [0, 0.1) is 17.8 Å². The number of benzene rings is 1. The Morgan fingerprint density at radius 2 is 1.90 bits per heavy atom.